The van der Waals surface area contributed by atoms with Gasteiger partial charge < -0.3 is 9.64 Å². The predicted molar refractivity (Wildman–Crippen MR) is 84.8 cm³/mol. The number of thiophene rings is 1. The SMILES string of the molecule is Cc1ccccc1OC1CN(C(=O)CCc2ccsc2)C1. The molecule has 3 rings (SSSR count). The van der Waals surface area contributed by atoms with Crippen molar-refractivity contribution in [2.45, 2.75) is 25.9 Å². The molecule has 0 atom stereocenters. The second kappa shape index (κ2) is 6.31. The highest BCUT2D eigenvalue weighted by atomic mass is 32.1. The number of ether oxygens (including phenoxy) is 1. The fraction of sp³-hybridized carbons (Fsp3) is 0.353. The van der Waals surface area contributed by atoms with E-state index in [0.717, 1.165) is 17.7 Å². The fourth-order valence-electron chi connectivity index (χ4n) is 2.43. The average Bonchev–Trinajstić information content (AvgIpc) is 2.95. The summed E-state index contributed by atoms with van der Waals surface area (Å²) in [6.07, 6.45) is 1.56. The quantitative estimate of drug-likeness (QED) is 0.848. The normalized spacial score (nSPS) is 14.8. The zero-order valence-electron chi connectivity index (χ0n) is 12.1. The third kappa shape index (κ3) is 3.45. The summed E-state index contributed by atoms with van der Waals surface area (Å²) in [5.41, 5.74) is 2.39. The van der Waals surface area contributed by atoms with Crippen LogP contribution in [0.15, 0.2) is 41.1 Å². The lowest BCUT2D eigenvalue weighted by Gasteiger charge is -2.39. The van der Waals surface area contributed by atoms with Crippen molar-refractivity contribution in [3.05, 3.63) is 52.2 Å². The Balaban J connectivity index is 1.43. The van der Waals surface area contributed by atoms with Crippen LogP contribution < -0.4 is 4.74 Å². The molecule has 1 aromatic carbocycles. The lowest BCUT2D eigenvalue weighted by Crippen LogP contribution is -2.56. The zero-order valence-corrected chi connectivity index (χ0v) is 12.9. The van der Waals surface area contributed by atoms with Gasteiger partial charge in [0.2, 0.25) is 5.91 Å². The smallest absolute Gasteiger partial charge is 0.223 e. The summed E-state index contributed by atoms with van der Waals surface area (Å²) in [7, 11) is 0. The van der Waals surface area contributed by atoms with Crippen LogP contribution in [0.2, 0.25) is 0 Å². The highest BCUT2D eigenvalue weighted by molar-refractivity contribution is 7.07. The predicted octanol–water partition coefficient (Wildman–Crippen LogP) is 3.28. The summed E-state index contributed by atoms with van der Waals surface area (Å²) in [5, 5.41) is 4.16. The molecule has 0 aliphatic carbocycles. The van der Waals surface area contributed by atoms with E-state index in [2.05, 4.69) is 16.8 Å². The van der Waals surface area contributed by atoms with Gasteiger partial charge in [0.1, 0.15) is 11.9 Å². The molecule has 0 N–H and O–H groups in total. The lowest BCUT2D eigenvalue weighted by atomic mass is 10.1. The van der Waals surface area contributed by atoms with Crippen LogP contribution in [-0.4, -0.2) is 30.0 Å². The largest absolute Gasteiger partial charge is 0.486 e. The van der Waals surface area contributed by atoms with E-state index in [0.29, 0.717) is 19.5 Å². The van der Waals surface area contributed by atoms with E-state index in [1.807, 2.05) is 36.1 Å². The van der Waals surface area contributed by atoms with Crippen molar-refractivity contribution in [2.75, 3.05) is 13.1 Å². The maximum absolute atomic E-state index is 12.1. The summed E-state index contributed by atoms with van der Waals surface area (Å²) >= 11 is 1.68. The molecule has 1 aliphatic heterocycles. The first-order chi connectivity index (χ1) is 10.2. The molecule has 1 aliphatic rings. The molecule has 110 valence electrons. The van der Waals surface area contributed by atoms with Crippen molar-refractivity contribution in [1.82, 2.24) is 4.90 Å². The first kappa shape index (κ1) is 14.1. The number of rotatable bonds is 5. The van der Waals surface area contributed by atoms with Crippen LogP contribution in [0.1, 0.15) is 17.5 Å². The molecule has 2 heterocycles. The molecule has 0 unspecified atom stereocenters. The van der Waals surface area contributed by atoms with E-state index < -0.39 is 0 Å². The van der Waals surface area contributed by atoms with Crippen LogP contribution in [0.5, 0.6) is 5.75 Å². The molecule has 4 heteroatoms. The Bertz CT molecular complexity index is 603. The monoisotopic (exact) mass is 301 g/mol. The molecule has 1 fully saturated rings. The number of likely N-dealkylation sites (tertiary alicyclic amines) is 1. The summed E-state index contributed by atoms with van der Waals surface area (Å²) in [6.45, 7) is 3.45. The van der Waals surface area contributed by atoms with Crippen LogP contribution in [0.25, 0.3) is 0 Å². The topological polar surface area (TPSA) is 29.5 Å². The van der Waals surface area contributed by atoms with E-state index in [1.54, 1.807) is 11.3 Å². The first-order valence-electron chi connectivity index (χ1n) is 7.23. The number of benzene rings is 1. The average molecular weight is 301 g/mol. The summed E-state index contributed by atoms with van der Waals surface area (Å²) in [5.74, 6) is 1.15. The number of carbonyl (C=O) groups is 1. The van der Waals surface area contributed by atoms with Gasteiger partial charge in [0, 0.05) is 6.42 Å². The maximum atomic E-state index is 12.1. The summed E-state index contributed by atoms with van der Waals surface area (Å²) in [6, 6.07) is 10.1. The minimum Gasteiger partial charge on any atom is -0.486 e. The molecule has 2 aromatic rings. The molecular formula is C17H19NO2S. The number of hydrogen-bond donors (Lipinski definition) is 0. The minimum atomic E-state index is 0.135. The molecule has 21 heavy (non-hydrogen) atoms. The second-order valence-corrected chi connectivity index (χ2v) is 6.22. The molecule has 0 spiro atoms. The van der Waals surface area contributed by atoms with Gasteiger partial charge in [0.15, 0.2) is 0 Å². The van der Waals surface area contributed by atoms with Gasteiger partial charge in [-0.2, -0.15) is 11.3 Å². The number of amides is 1. The van der Waals surface area contributed by atoms with E-state index >= 15 is 0 Å². The number of para-hydroxylation sites is 1. The van der Waals surface area contributed by atoms with Gasteiger partial charge in [-0.05, 0) is 47.4 Å². The molecule has 1 aromatic heterocycles. The Kier molecular flexibility index (Phi) is 4.25. The molecule has 1 amide bonds. The van der Waals surface area contributed by atoms with Crippen molar-refractivity contribution in [1.29, 1.82) is 0 Å². The van der Waals surface area contributed by atoms with Crippen LogP contribution in [0.3, 0.4) is 0 Å². The van der Waals surface area contributed by atoms with Crippen molar-refractivity contribution < 1.29 is 9.53 Å². The van der Waals surface area contributed by atoms with E-state index in [9.17, 15) is 4.79 Å². The van der Waals surface area contributed by atoms with Gasteiger partial charge in [-0.1, -0.05) is 18.2 Å². The Morgan fingerprint density at radius 2 is 2.14 bits per heavy atom. The fourth-order valence-corrected chi connectivity index (χ4v) is 3.13. The Labute approximate surface area is 129 Å². The van der Waals surface area contributed by atoms with Crippen LogP contribution in [-0.2, 0) is 11.2 Å². The summed E-state index contributed by atoms with van der Waals surface area (Å²) in [4.78, 5) is 13.9. The van der Waals surface area contributed by atoms with Crippen LogP contribution >= 0.6 is 11.3 Å². The highest BCUT2D eigenvalue weighted by Crippen LogP contribution is 2.22. The standard InChI is InChI=1S/C17H19NO2S/c1-13-4-2-3-5-16(13)20-15-10-18(11-15)17(19)7-6-14-8-9-21-12-14/h2-5,8-9,12,15H,6-7,10-11H2,1H3. The van der Waals surface area contributed by atoms with E-state index in [1.165, 1.54) is 5.56 Å². The Morgan fingerprint density at radius 3 is 2.86 bits per heavy atom. The minimum absolute atomic E-state index is 0.135. The number of carbonyl (C=O) groups excluding carboxylic acids is 1. The number of hydrogen-bond acceptors (Lipinski definition) is 3. The van der Waals surface area contributed by atoms with Gasteiger partial charge >= 0.3 is 0 Å². The third-order valence-electron chi connectivity index (χ3n) is 3.80. The van der Waals surface area contributed by atoms with Gasteiger partial charge in [-0.15, -0.1) is 0 Å². The Morgan fingerprint density at radius 1 is 1.33 bits per heavy atom. The first-order valence-corrected chi connectivity index (χ1v) is 8.18. The van der Waals surface area contributed by atoms with Crippen LogP contribution in [0, 0.1) is 6.92 Å². The molecule has 0 saturated carbocycles. The lowest BCUT2D eigenvalue weighted by molar-refractivity contribution is -0.139. The Hall–Kier alpha value is -1.81. The zero-order chi connectivity index (χ0) is 14.7. The molecule has 0 radical (unpaired) electrons. The molecular weight excluding hydrogens is 282 g/mol. The summed E-state index contributed by atoms with van der Waals surface area (Å²) < 4.78 is 5.92. The number of aryl methyl sites for hydroxylation is 2. The molecule has 0 bridgehead atoms. The number of nitrogens with zero attached hydrogens (tertiary/aromatic N) is 1. The van der Waals surface area contributed by atoms with Crippen LogP contribution in [0.4, 0.5) is 0 Å². The van der Waals surface area contributed by atoms with Gasteiger partial charge in [-0.3, -0.25) is 4.79 Å². The van der Waals surface area contributed by atoms with Gasteiger partial charge in [-0.25, -0.2) is 0 Å². The third-order valence-corrected chi connectivity index (χ3v) is 4.53. The highest BCUT2D eigenvalue weighted by Gasteiger charge is 2.32. The van der Waals surface area contributed by atoms with Crippen molar-refractivity contribution in [2.24, 2.45) is 0 Å². The maximum Gasteiger partial charge on any atom is 0.223 e. The van der Waals surface area contributed by atoms with Crippen molar-refractivity contribution >= 4 is 17.2 Å². The van der Waals surface area contributed by atoms with Crippen molar-refractivity contribution in [3.8, 4) is 5.75 Å². The second-order valence-electron chi connectivity index (χ2n) is 5.44. The molecule has 1 saturated heterocycles. The van der Waals surface area contributed by atoms with Gasteiger partial charge in [0.05, 0.1) is 13.1 Å². The van der Waals surface area contributed by atoms with Gasteiger partial charge in [0.25, 0.3) is 0 Å². The van der Waals surface area contributed by atoms with Crippen molar-refractivity contribution in [3.63, 3.8) is 0 Å². The van der Waals surface area contributed by atoms with E-state index in [4.69, 9.17) is 4.74 Å². The van der Waals surface area contributed by atoms with E-state index in [-0.39, 0.29) is 12.0 Å². The molecule has 3 nitrogen and oxygen atoms in total.